The molecule has 2 fully saturated rings. The van der Waals surface area contributed by atoms with Crippen LogP contribution in [-0.4, -0.2) is 109 Å². The highest BCUT2D eigenvalue weighted by atomic mass is 32.1. The van der Waals surface area contributed by atoms with Gasteiger partial charge in [0.05, 0.1) is 62.5 Å². The van der Waals surface area contributed by atoms with E-state index in [1.165, 1.54) is 9.80 Å². The average Bonchev–Trinajstić information content (AvgIpc) is 4.29. The number of nitrogens with zero attached hydrogens (tertiary/aromatic N) is 6. The Labute approximate surface area is 459 Å². The molecule has 5 aromatic rings. The number of ether oxygens (including phenoxy) is 1. The van der Waals surface area contributed by atoms with E-state index in [2.05, 4.69) is 52.4 Å². The number of β-amino-alcohol motifs (C(OH)–C–C–N with tert-alkyl or cyclic N) is 1. The highest BCUT2D eigenvalue weighted by Gasteiger charge is 2.48. The first-order valence-corrected chi connectivity index (χ1v) is 28.3. The minimum absolute atomic E-state index is 0.0310. The van der Waals surface area contributed by atoms with Crippen molar-refractivity contribution in [3.8, 4) is 32.7 Å². The number of allylic oxidation sites excluding steroid dienone is 1. The van der Waals surface area contributed by atoms with Crippen LogP contribution in [0.15, 0.2) is 84.0 Å². The second-order valence-electron chi connectivity index (χ2n) is 21.8. The minimum atomic E-state index is -1.04. The summed E-state index contributed by atoms with van der Waals surface area (Å²) in [5.41, 5.74) is 10.9. The van der Waals surface area contributed by atoms with Crippen LogP contribution in [0.5, 0.6) is 5.75 Å². The maximum absolute atomic E-state index is 14.8. The number of carbonyl (C=O) groups excluding carboxylic acids is 5. The summed E-state index contributed by atoms with van der Waals surface area (Å²) in [7, 11) is 0. The fourth-order valence-corrected chi connectivity index (χ4v) is 12.2. The van der Waals surface area contributed by atoms with Crippen LogP contribution in [0.2, 0.25) is 0 Å². The summed E-state index contributed by atoms with van der Waals surface area (Å²) in [5, 5.41) is 31.0. The number of nitrogens with one attached hydrogen (secondary N) is 3. The van der Waals surface area contributed by atoms with Crippen LogP contribution in [0.3, 0.4) is 0 Å². The molecule has 77 heavy (non-hydrogen) atoms. The Hall–Kier alpha value is -6.94. The summed E-state index contributed by atoms with van der Waals surface area (Å²) in [4.78, 5) is 87.6. The Balaban J connectivity index is 0.980. The van der Waals surface area contributed by atoms with Gasteiger partial charge in [0.2, 0.25) is 23.6 Å². The number of fused-ring (bicyclic) bond motifs is 1. The first-order valence-electron chi connectivity index (χ1n) is 26.6. The molecule has 3 aliphatic rings. The number of aliphatic hydroxyl groups excluding tert-OH is 1. The van der Waals surface area contributed by atoms with Crippen molar-refractivity contribution < 1.29 is 33.8 Å². The number of aryl methyl sites for hydroxylation is 2. The molecule has 0 aliphatic carbocycles. The second kappa shape index (κ2) is 24.2. The largest absolute Gasteiger partial charge is 0.488 e. The topological polar surface area (TPSA) is 210 Å². The summed E-state index contributed by atoms with van der Waals surface area (Å²) in [6, 6.07) is 17.2. The third kappa shape index (κ3) is 12.6. The second-order valence-corrected chi connectivity index (χ2v) is 23.5. The molecule has 0 radical (unpaired) electrons. The zero-order valence-corrected chi connectivity index (χ0v) is 47.1. The van der Waals surface area contributed by atoms with Gasteiger partial charge >= 0.3 is 0 Å². The molecule has 7 atom stereocenters. The molecule has 5 amide bonds. The van der Waals surface area contributed by atoms with Gasteiger partial charge in [0.1, 0.15) is 36.0 Å². The maximum Gasteiger partial charge on any atom is 0.255 e. The van der Waals surface area contributed by atoms with Crippen molar-refractivity contribution in [2.24, 2.45) is 17.8 Å². The Morgan fingerprint density at radius 3 is 2.00 bits per heavy atom. The fourth-order valence-electron chi connectivity index (χ4n) is 10.6. The van der Waals surface area contributed by atoms with E-state index in [0.29, 0.717) is 17.9 Å². The van der Waals surface area contributed by atoms with Crippen molar-refractivity contribution in [1.82, 2.24) is 40.6 Å². The van der Waals surface area contributed by atoms with Crippen LogP contribution in [0.1, 0.15) is 124 Å². The lowest BCUT2D eigenvalue weighted by molar-refractivity contribution is -0.143. The third-order valence-corrected chi connectivity index (χ3v) is 16.9. The minimum Gasteiger partial charge on any atom is -0.488 e. The number of amides is 5. The zero-order chi connectivity index (χ0) is 55.4. The van der Waals surface area contributed by atoms with E-state index in [-0.39, 0.29) is 73.6 Å². The SMILES string of the molecule is C=C(CCC(C)C)N[C@H](C(=O)N1C[C@H](Oc2cc(C#N)c3c(c2)C(=O)N([C@H](C(=O)N2C[C@H](O)C[C@H]2C(=O)N[C@@H](C)c2ccc(-c4scnc4C)cc2)C(C)C)C3)C[C@H]1C(=O)NCc1ccc(-c2scnc2C)cc1)C(C)C. The molecular weight excluding hydrogens is 1010 g/mol. The van der Waals surface area contributed by atoms with Crippen LogP contribution in [0, 0.1) is 42.9 Å². The first-order chi connectivity index (χ1) is 36.7. The van der Waals surface area contributed by atoms with E-state index in [4.69, 9.17) is 4.74 Å². The van der Waals surface area contributed by atoms with Gasteiger partial charge < -0.3 is 40.5 Å². The number of hydrogen-bond acceptors (Lipinski definition) is 13. The Morgan fingerprint density at radius 2 is 1.43 bits per heavy atom. The fraction of sp³-hybridized carbons (Fsp3) is 0.458. The molecule has 5 heterocycles. The molecule has 8 rings (SSSR count). The third-order valence-electron chi connectivity index (χ3n) is 14.9. The van der Waals surface area contributed by atoms with Gasteiger partial charge in [-0.2, -0.15) is 5.26 Å². The van der Waals surface area contributed by atoms with E-state index in [0.717, 1.165) is 55.5 Å². The highest BCUT2D eigenvalue weighted by molar-refractivity contribution is 7.13. The van der Waals surface area contributed by atoms with Gasteiger partial charge in [0.25, 0.3) is 5.91 Å². The summed E-state index contributed by atoms with van der Waals surface area (Å²) in [5.74, 6) is -1.91. The van der Waals surface area contributed by atoms with E-state index in [1.807, 2.05) is 103 Å². The molecule has 0 unspecified atom stereocenters. The summed E-state index contributed by atoms with van der Waals surface area (Å²) >= 11 is 3.13. The lowest BCUT2D eigenvalue weighted by atomic mass is 10.00. The van der Waals surface area contributed by atoms with Gasteiger partial charge in [0, 0.05) is 49.3 Å². The predicted molar refractivity (Wildman–Crippen MR) is 298 cm³/mol. The number of thiazole rings is 2. The highest BCUT2D eigenvalue weighted by Crippen LogP contribution is 2.37. The molecule has 18 heteroatoms. The summed E-state index contributed by atoms with van der Waals surface area (Å²) < 4.78 is 6.59. The summed E-state index contributed by atoms with van der Waals surface area (Å²) in [6.45, 7) is 22.0. The molecule has 406 valence electrons. The van der Waals surface area contributed by atoms with Crippen molar-refractivity contribution in [2.75, 3.05) is 13.1 Å². The van der Waals surface area contributed by atoms with E-state index >= 15 is 0 Å². The number of hydrogen-bond donors (Lipinski definition) is 4. The van der Waals surface area contributed by atoms with Crippen molar-refractivity contribution >= 4 is 52.2 Å². The van der Waals surface area contributed by atoms with Crippen LogP contribution in [0.25, 0.3) is 20.9 Å². The molecule has 3 aliphatic heterocycles. The van der Waals surface area contributed by atoms with Gasteiger partial charge in [-0.15, -0.1) is 22.7 Å². The zero-order valence-electron chi connectivity index (χ0n) is 45.5. The molecule has 0 saturated carbocycles. The first kappa shape index (κ1) is 56.3. The van der Waals surface area contributed by atoms with Crippen molar-refractivity contribution in [3.05, 3.63) is 123 Å². The van der Waals surface area contributed by atoms with Gasteiger partial charge in [-0.05, 0) is 85.8 Å². The van der Waals surface area contributed by atoms with Gasteiger partial charge in [-0.25, -0.2) is 9.97 Å². The van der Waals surface area contributed by atoms with Crippen molar-refractivity contribution in [3.63, 3.8) is 0 Å². The smallest absolute Gasteiger partial charge is 0.255 e. The Morgan fingerprint density at radius 1 is 0.818 bits per heavy atom. The number of aliphatic hydroxyl groups is 1. The predicted octanol–water partition coefficient (Wildman–Crippen LogP) is 8.47. The number of rotatable bonds is 20. The van der Waals surface area contributed by atoms with Crippen LogP contribution in [0.4, 0.5) is 0 Å². The van der Waals surface area contributed by atoms with Gasteiger partial charge in [0.15, 0.2) is 0 Å². The molecule has 3 aromatic carbocycles. The van der Waals surface area contributed by atoms with Gasteiger partial charge in [-0.1, -0.05) is 96.7 Å². The molecule has 16 nitrogen and oxygen atoms in total. The molecule has 2 saturated heterocycles. The molecule has 4 N–H and O–H groups in total. The molecule has 0 bridgehead atoms. The van der Waals surface area contributed by atoms with E-state index < -0.39 is 66.1 Å². The number of aromatic nitrogens is 2. The van der Waals surface area contributed by atoms with Crippen LogP contribution >= 0.6 is 22.7 Å². The number of carbonyl (C=O) groups is 5. The molecular formula is C59H71N9O7S2. The summed E-state index contributed by atoms with van der Waals surface area (Å²) in [6.07, 6.45) is 0.101. The number of benzene rings is 3. The van der Waals surface area contributed by atoms with Crippen molar-refractivity contribution in [1.29, 1.82) is 5.26 Å². The molecule has 0 spiro atoms. The normalized spacial score (nSPS) is 19.3. The van der Waals surface area contributed by atoms with Gasteiger partial charge in [-0.3, -0.25) is 24.0 Å². The van der Waals surface area contributed by atoms with Crippen molar-refractivity contribution in [2.45, 2.75) is 144 Å². The Kier molecular flexibility index (Phi) is 17.7. The maximum atomic E-state index is 14.8. The monoisotopic (exact) mass is 1080 g/mol. The number of nitriles is 1. The Bertz CT molecular complexity index is 3030. The quantitative estimate of drug-likeness (QED) is 0.0581. The number of likely N-dealkylation sites (tertiary alicyclic amines) is 2. The average molecular weight is 1080 g/mol. The van der Waals surface area contributed by atoms with Crippen LogP contribution in [-0.2, 0) is 32.3 Å². The van der Waals surface area contributed by atoms with Crippen LogP contribution < -0.4 is 20.7 Å². The standard InChI is InChI=1S/C59H71N9O7S2/c1-32(2)11-12-35(7)64-51(33(3)4)58(73)67-28-46(24-50(67)55(70)61-26-39-13-15-41(16-14-39)53-37(9)62-30-76-53)75-45-21-43(25-60)48-29-68(57(72)47(48)23-45)52(34(5)6)59(74)66-27-44(69)22-49(66)56(71)65-36(8)40-17-19-42(20-18-40)54-38(10)63-31-77-54/h13-21,23,30-34,36,44,46,49-52,64,69H,7,11-12,22,24,26-29H2,1-6,8-10H3,(H,61,70)(H,65,71)/t36-,44+,46+,49-,50-,51-,52-/m0/s1. The van der Waals surface area contributed by atoms with E-state index in [1.54, 1.807) is 45.2 Å². The lowest BCUT2D eigenvalue weighted by Gasteiger charge is -2.35. The molecule has 2 aromatic heterocycles. The lowest BCUT2D eigenvalue weighted by Crippen LogP contribution is -2.55. The van der Waals surface area contributed by atoms with E-state index in [9.17, 15) is 34.3 Å².